The van der Waals surface area contributed by atoms with Crippen LogP contribution in [0.15, 0.2) is 29.8 Å². The molecule has 0 spiro atoms. The van der Waals surface area contributed by atoms with Crippen molar-refractivity contribution >= 4 is 14.7 Å². The minimum atomic E-state index is 0.586. The van der Waals surface area contributed by atoms with Crippen LogP contribution in [0.1, 0.15) is 0 Å². The zero-order valence-corrected chi connectivity index (χ0v) is 4.09. The van der Waals surface area contributed by atoms with Crippen molar-refractivity contribution in [3.05, 3.63) is 24.9 Å². The molecule has 0 fully saturated rings. The molecule has 0 amide bonds. The van der Waals surface area contributed by atoms with Crippen LogP contribution in [0.4, 0.5) is 0 Å². The molecular weight excluding hydrogens is 83.7 g/mol. The Bertz CT molecular complexity index is 106. The Labute approximate surface area is 45.5 Å². The summed E-state index contributed by atoms with van der Waals surface area (Å²) in [5.41, 5.74) is 0.586. The van der Waals surface area contributed by atoms with Crippen molar-refractivity contribution in [2.45, 2.75) is 0 Å². The molecule has 0 aliphatic heterocycles. The second-order valence-electron chi connectivity index (χ2n) is 0.974. The first kappa shape index (κ1) is 6.41. The van der Waals surface area contributed by atoms with Crippen LogP contribution >= 0.6 is 0 Å². The maximum absolute atomic E-state index is 4.90. The Kier molecular flexibility index (Phi) is 3.29. The minimum absolute atomic E-state index is 0.586. The zero-order chi connectivity index (χ0) is 5.70. The fourth-order valence-corrected chi connectivity index (χ4v) is 0.148. The molecule has 7 heavy (non-hydrogen) atoms. The summed E-state index contributed by atoms with van der Waals surface area (Å²) in [6, 6.07) is 0. The van der Waals surface area contributed by atoms with Crippen molar-refractivity contribution in [1.29, 1.82) is 0 Å². The Morgan fingerprint density at radius 1 is 1.86 bits per heavy atom. The summed E-state index contributed by atoms with van der Waals surface area (Å²) in [4.78, 5) is 3.58. The maximum atomic E-state index is 4.90. The number of nitrogens with zero attached hydrogens (tertiary/aromatic N) is 1. The van der Waals surface area contributed by atoms with Gasteiger partial charge in [-0.05, 0) is 0 Å². The van der Waals surface area contributed by atoms with Crippen LogP contribution in [-0.2, 0) is 0 Å². The molecule has 3 heteroatoms. The number of rotatable bonds is 2. The first-order valence-corrected chi connectivity index (χ1v) is 1.87. The summed E-state index contributed by atoms with van der Waals surface area (Å²) >= 11 is 0. The molecule has 0 aliphatic carbocycles. The number of hydrogen-bond donors (Lipinski definition) is 0. The van der Waals surface area contributed by atoms with Gasteiger partial charge in [-0.15, -0.1) is 0 Å². The molecule has 0 atom stereocenters. The molecular formula is C4H5B2N. The molecule has 0 rings (SSSR count). The van der Waals surface area contributed by atoms with E-state index in [2.05, 4.69) is 18.1 Å². The van der Waals surface area contributed by atoms with Crippen molar-refractivity contribution < 1.29 is 0 Å². The molecule has 0 saturated carbocycles. The molecule has 0 heterocycles. The van der Waals surface area contributed by atoms with Gasteiger partial charge in [-0.25, -0.2) is 0 Å². The summed E-state index contributed by atoms with van der Waals surface area (Å²) in [5, 5.41) is 0. The second-order valence-corrected chi connectivity index (χ2v) is 0.974. The number of hydrogen-bond acceptors (Lipinski definition) is 1. The van der Waals surface area contributed by atoms with E-state index in [9.17, 15) is 0 Å². The van der Waals surface area contributed by atoms with Gasteiger partial charge < -0.3 is 0 Å². The van der Waals surface area contributed by atoms with Crippen molar-refractivity contribution in [3.8, 4) is 0 Å². The molecule has 0 bridgehead atoms. The zero-order valence-electron chi connectivity index (χ0n) is 4.09. The summed E-state index contributed by atoms with van der Waals surface area (Å²) in [6.45, 7) is 8.06. The van der Waals surface area contributed by atoms with Crippen LogP contribution in [0.25, 0.3) is 0 Å². The third-order valence-corrected chi connectivity index (χ3v) is 0.476. The van der Waals surface area contributed by atoms with Crippen LogP contribution in [0, 0.1) is 0 Å². The van der Waals surface area contributed by atoms with E-state index in [4.69, 9.17) is 7.74 Å². The van der Waals surface area contributed by atoms with E-state index in [0.29, 0.717) is 5.70 Å². The van der Waals surface area contributed by atoms with Crippen molar-refractivity contribution in [2.75, 3.05) is 0 Å². The molecule has 0 N–H and O–H groups in total. The van der Waals surface area contributed by atoms with E-state index in [1.54, 1.807) is 0 Å². The van der Waals surface area contributed by atoms with E-state index in [0.717, 1.165) is 0 Å². The van der Waals surface area contributed by atoms with Crippen molar-refractivity contribution in [2.24, 2.45) is 4.90 Å². The molecule has 0 unspecified atom stereocenters. The average Bonchev–Trinajstić information content (AvgIpc) is 1.68. The molecule has 0 aliphatic rings. The summed E-state index contributed by atoms with van der Waals surface area (Å²) in [6.07, 6.45) is 1.53. The van der Waals surface area contributed by atoms with Crippen LogP contribution in [0.3, 0.4) is 0 Å². The van der Waals surface area contributed by atoms with E-state index in [1.807, 2.05) is 0 Å². The van der Waals surface area contributed by atoms with Crippen molar-refractivity contribution in [3.63, 3.8) is 0 Å². The molecule has 32 valence electrons. The summed E-state index contributed by atoms with van der Waals surface area (Å²) in [7, 11) is 4.90. The Hall–Kier alpha value is -0.590. The van der Waals surface area contributed by atoms with Gasteiger partial charge in [0.15, 0.2) is 0 Å². The van der Waals surface area contributed by atoms with Gasteiger partial charge in [-0.3, -0.25) is 0 Å². The van der Waals surface area contributed by atoms with Crippen LogP contribution < -0.4 is 0 Å². The topological polar surface area (TPSA) is 12.4 Å². The van der Waals surface area contributed by atoms with Crippen LogP contribution in [0.2, 0.25) is 0 Å². The fraction of sp³-hybridized carbons (Fsp3) is 0. The van der Waals surface area contributed by atoms with Gasteiger partial charge in [0, 0.05) is 0 Å². The third-order valence-electron chi connectivity index (χ3n) is 0.476. The Balaban J connectivity index is 3.58. The average molecular weight is 88.7 g/mol. The predicted molar refractivity (Wildman–Crippen MR) is 33.3 cm³/mol. The normalized spacial score (nSPS) is 8.00. The van der Waals surface area contributed by atoms with Crippen LogP contribution in [-0.4, -0.2) is 14.7 Å². The van der Waals surface area contributed by atoms with Gasteiger partial charge in [-0.1, -0.05) is 0 Å². The van der Waals surface area contributed by atoms with Gasteiger partial charge in [-0.2, -0.15) is 0 Å². The van der Waals surface area contributed by atoms with Gasteiger partial charge in [0.1, 0.15) is 0 Å². The first-order valence-electron chi connectivity index (χ1n) is 1.87. The molecule has 0 aromatic heterocycles. The standard InChI is InChI=1S/C4H5B2N/c1-3-4(2)7-6-5/h3H,1-2H2. The molecule has 1 nitrogen and oxygen atoms in total. The Morgan fingerprint density at radius 3 is 2.57 bits per heavy atom. The van der Waals surface area contributed by atoms with E-state index < -0.39 is 0 Å². The molecule has 0 saturated heterocycles. The summed E-state index contributed by atoms with van der Waals surface area (Å²) in [5.74, 6) is 0. The fourth-order valence-electron chi connectivity index (χ4n) is 0.148. The van der Waals surface area contributed by atoms with Gasteiger partial charge >= 0.3 is 44.5 Å². The predicted octanol–water partition coefficient (Wildman–Crippen LogP) is 0.657. The molecule has 0 aromatic carbocycles. The summed E-state index contributed by atoms with van der Waals surface area (Å²) < 4.78 is 0. The number of allylic oxidation sites excluding steroid dienone is 1. The monoisotopic (exact) mass is 89.1 g/mol. The molecule has 0 aromatic rings. The first-order chi connectivity index (χ1) is 3.31. The van der Waals surface area contributed by atoms with E-state index in [-0.39, 0.29) is 0 Å². The van der Waals surface area contributed by atoms with Crippen LogP contribution in [0.5, 0.6) is 0 Å². The van der Waals surface area contributed by atoms with E-state index >= 15 is 0 Å². The van der Waals surface area contributed by atoms with Crippen molar-refractivity contribution in [1.82, 2.24) is 0 Å². The van der Waals surface area contributed by atoms with Gasteiger partial charge in [0.05, 0.1) is 0 Å². The third kappa shape index (κ3) is 3.23. The van der Waals surface area contributed by atoms with Gasteiger partial charge in [0.25, 0.3) is 0 Å². The second kappa shape index (κ2) is 3.59. The quantitative estimate of drug-likeness (QED) is 0.348. The van der Waals surface area contributed by atoms with Gasteiger partial charge in [0.2, 0.25) is 0 Å². The molecule has 2 radical (unpaired) electrons. The van der Waals surface area contributed by atoms with E-state index in [1.165, 1.54) is 13.0 Å². The SMILES string of the molecule is [B]B=NC(=C)C=C. The Morgan fingerprint density at radius 2 is 2.43 bits per heavy atom.